The second kappa shape index (κ2) is 17.0. The van der Waals surface area contributed by atoms with Crippen LogP contribution in [0.3, 0.4) is 0 Å². The molecule has 3 amide bonds. The molecule has 1 saturated heterocycles. The van der Waals surface area contributed by atoms with E-state index in [-0.39, 0.29) is 37.8 Å². The average molecular weight is 688 g/mol. The van der Waals surface area contributed by atoms with Crippen molar-refractivity contribution in [2.24, 2.45) is 0 Å². The van der Waals surface area contributed by atoms with E-state index in [2.05, 4.69) is 5.32 Å². The molecule has 268 valence electrons. The number of nitrogens with zero attached hydrogens (tertiary/aromatic N) is 2. The molecule has 0 aromatic heterocycles. The van der Waals surface area contributed by atoms with Crippen molar-refractivity contribution in [3.8, 4) is 5.75 Å². The smallest absolute Gasteiger partial charge is 0.407 e. The number of nitrogens with one attached hydrogen (secondary N) is 1. The highest BCUT2D eigenvalue weighted by molar-refractivity contribution is 5.78. The van der Waals surface area contributed by atoms with E-state index in [0.29, 0.717) is 44.9 Å². The monoisotopic (exact) mass is 687 g/mol. The quantitative estimate of drug-likeness (QED) is 0.243. The molecular weight excluding hydrogens is 638 g/mol. The van der Waals surface area contributed by atoms with Gasteiger partial charge in [-0.1, -0.05) is 66.7 Å². The van der Waals surface area contributed by atoms with Gasteiger partial charge in [0.1, 0.15) is 11.4 Å². The molecule has 11 heteroatoms. The molecule has 1 heterocycles. The summed E-state index contributed by atoms with van der Waals surface area (Å²) in [5, 5.41) is 25.4. The van der Waals surface area contributed by atoms with Gasteiger partial charge in [0.25, 0.3) is 5.91 Å². The highest BCUT2D eigenvalue weighted by Crippen LogP contribution is 2.37. The van der Waals surface area contributed by atoms with Gasteiger partial charge in [-0.05, 0) is 68.0 Å². The number of alkyl carbamates (subject to hydrolysis) is 1. The lowest BCUT2D eigenvalue weighted by Crippen LogP contribution is -2.47. The van der Waals surface area contributed by atoms with Crippen LogP contribution in [0.4, 0.5) is 4.79 Å². The molecule has 5 rings (SSSR count). The Morgan fingerprint density at radius 1 is 0.960 bits per heavy atom. The van der Waals surface area contributed by atoms with Crippen molar-refractivity contribution >= 4 is 17.9 Å². The first kappa shape index (κ1) is 36.8. The number of fused-ring (bicyclic) bond motifs is 1. The SMILES string of the molecule is CC(C)(C)OC(=O)N[C@@H](Cc1ccccc1)[C@@H](O)CCC(=O)N(Cc1ccc(OCC(=O)N2CCOCC2)cc1)[C@H]1c2ccccc2C[C@H]1O. The van der Waals surface area contributed by atoms with E-state index >= 15 is 0 Å². The number of carbonyl (C=O) groups excluding carboxylic acids is 3. The van der Waals surface area contributed by atoms with Gasteiger partial charge in [0, 0.05) is 32.5 Å². The molecular formula is C39H49N3O8. The Bertz CT molecular complexity index is 1570. The predicted molar refractivity (Wildman–Crippen MR) is 187 cm³/mol. The van der Waals surface area contributed by atoms with E-state index in [1.54, 1.807) is 42.7 Å². The summed E-state index contributed by atoms with van der Waals surface area (Å²) in [5.74, 6) is 0.194. The summed E-state index contributed by atoms with van der Waals surface area (Å²) in [7, 11) is 0. The number of morpholine rings is 1. The molecule has 3 aromatic carbocycles. The van der Waals surface area contributed by atoms with Gasteiger partial charge in [-0.2, -0.15) is 0 Å². The fourth-order valence-corrected chi connectivity index (χ4v) is 6.43. The lowest BCUT2D eigenvalue weighted by molar-refractivity contribution is -0.138. The molecule has 2 aliphatic rings. The zero-order valence-corrected chi connectivity index (χ0v) is 29.1. The number of ether oxygens (including phenoxy) is 3. The molecule has 11 nitrogen and oxygen atoms in total. The summed E-state index contributed by atoms with van der Waals surface area (Å²) in [6.07, 6.45) is -1.65. The molecule has 50 heavy (non-hydrogen) atoms. The van der Waals surface area contributed by atoms with E-state index in [4.69, 9.17) is 14.2 Å². The second-order valence-electron chi connectivity index (χ2n) is 13.9. The number of amides is 3. The van der Waals surface area contributed by atoms with Crippen molar-refractivity contribution in [2.75, 3.05) is 32.9 Å². The molecule has 4 atom stereocenters. The van der Waals surface area contributed by atoms with Crippen LogP contribution in [0, 0.1) is 0 Å². The minimum atomic E-state index is -1.05. The third-order valence-corrected chi connectivity index (χ3v) is 8.94. The van der Waals surface area contributed by atoms with Crippen LogP contribution in [-0.4, -0.2) is 94.7 Å². The predicted octanol–water partition coefficient (Wildman–Crippen LogP) is 4.19. The zero-order valence-electron chi connectivity index (χ0n) is 29.1. The summed E-state index contributed by atoms with van der Waals surface area (Å²) in [4.78, 5) is 42.7. The molecule has 0 saturated carbocycles. The van der Waals surface area contributed by atoms with Gasteiger partial charge in [0.15, 0.2) is 6.61 Å². The van der Waals surface area contributed by atoms with Gasteiger partial charge in [0.2, 0.25) is 5.91 Å². The molecule has 0 bridgehead atoms. The zero-order chi connectivity index (χ0) is 35.7. The van der Waals surface area contributed by atoms with Crippen molar-refractivity contribution < 1.29 is 38.8 Å². The summed E-state index contributed by atoms with van der Waals surface area (Å²) >= 11 is 0. The average Bonchev–Trinajstić information content (AvgIpc) is 3.43. The molecule has 1 aliphatic heterocycles. The van der Waals surface area contributed by atoms with Gasteiger partial charge in [-0.25, -0.2) is 4.79 Å². The summed E-state index contributed by atoms with van der Waals surface area (Å²) < 4.78 is 16.5. The van der Waals surface area contributed by atoms with Crippen LogP contribution >= 0.6 is 0 Å². The Balaban J connectivity index is 1.28. The molecule has 3 N–H and O–H groups in total. The van der Waals surface area contributed by atoms with Crippen LogP contribution in [0.2, 0.25) is 0 Å². The summed E-state index contributed by atoms with van der Waals surface area (Å²) in [6, 6.07) is 23.2. The third-order valence-electron chi connectivity index (χ3n) is 8.94. The molecule has 0 spiro atoms. The van der Waals surface area contributed by atoms with Gasteiger partial charge >= 0.3 is 6.09 Å². The van der Waals surface area contributed by atoms with Crippen LogP contribution in [-0.2, 0) is 38.4 Å². The maximum absolute atomic E-state index is 14.1. The Morgan fingerprint density at radius 3 is 2.34 bits per heavy atom. The number of carbonyl (C=O) groups is 3. The van der Waals surface area contributed by atoms with Crippen LogP contribution in [0.25, 0.3) is 0 Å². The number of benzene rings is 3. The third kappa shape index (κ3) is 10.3. The maximum Gasteiger partial charge on any atom is 0.407 e. The Hall–Kier alpha value is -4.45. The van der Waals surface area contributed by atoms with Gasteiger partial charge in [-0.3, -0.25) is 9.59 Å². The summed E-state index contributed by atoms with van der Waals surface area (Å²) in [6.45, 7) is 7.58. The lowest BCUT2D eigenvalue weighted by Gasteiger charge is -2.33. The number of rotatable bonds is 13. The van der Waals surface area contributed by atoms with Crippen molar-refractivity contribution in [1.29, 1.82) is 0 Å². The minimum absolute atomic E-state index is 0.0152. The largest absolute Gasteiger partial charge is 0.484 e. The van der Waals surface area contributed by atoms with Crippen molar-refractivity contribution in [2.45, 2.75) is 82.9 Å². The van der Waals surface area contributed by atoms with Crippen LogP contribution < -0.4 is 10.1 Å². The van der Waals surface area contributed by atoms with Crippen LogP contribution in [0.15, 0.2) is 78.9 Å². The van der Waals surface area contributed by atoms with Crippen LogP contribution in [0.5, 0.6) is 5.75 Å². The second-order valence-corrected chi connectivity index (χ2v) is 13.9. The van der Waals surface area contributed by atoms with Crippen LogP contribution in [0.1, 0.15) is 61.9 Å². The number of hydrogen-bond acceptors (Lipinski definition) is 8. The minimum Gasteiger partial charge on any atom is -0.484 e. The van der Waals surface area contributed by atoms with E-state index in [9.17, 15) is 24.6 Å². The summed E-state index contributed by atoms with van der Waals surface area (Å²) in [5.41, 5.74) is 2.90. The molecule has 3 aromatic rings. The Labute approximate surface area is 294 Å². The molecule has 1 fully saturated rings. The molecule has 0 unspecified atom stereocenters. The normalized spacial score (nSPS) is 18.5. The van der Waals surface area contributed by atoms with Gasteiger partial charge < -0.3 is 39.5 Å². The van der Waals surface area contributed by atoms with Crippen molar-refractivity contribution in [1.82, 2.24) is 15.1 Å². The van der Waals surface area contributed by atoms with E-state index in [0.717, 1.165) is 22.3 Å². The number of aliphatic hydroxyl groups excluding tert-OH is 2. The Kier molecular flexibility index (Phi) is 12.5. The molecule has 0 radical (unpaired) electrons. The van der Waals surface area contributed by atoms with Gasteiger partial charge in [0.05, 0.1) is 37.5 Å². The first-order valence-electron chi connectivity index (χ1n) is 17.3. The number of aliphatic hydroxyl groups is 2. The standard InChI is InChI=1S/C39H49N3O8/c1-39(2,3)50-38(47)40-32(23-27-9-5-4-6-10-27)33(43)17-18-35(45)42(37-31-12-8-7-11-29(31)24-34(37)44)25-28-13-15-30(16-14-28)49-26-36(46)41-19-21-48-22-20-41/h4-16,32-34,37,43-44H,17-26H2,1-3H3,(H,40,47)/t32-,33-,34+,37-/m0/s1. The van der Waals surface area contributed by atoms with E-state index in [1.165, 1.54) is 0 Å². The fourth-order valence-electron chi connectivity index (χ4n) is 6.43. The highest BCUT2D eigenvalue weighted by Gasteiger charge is 2.38. The fraction of sp³-hybridized carbons (Fsp3) is 0.462. The van der Waals surface area contributed by atoms with Crippen molar-refractivity contribution in [3.63, 3.8) is 0 Å². The van der Waals surface area contributed by atoms with E-state index in [1.807, 2.05) is 66.7 Å². The maximum atomic E-state index is 14.1. The number of hydrogen-bond donors (Lipinski definition) is 3. The van der Waals surface area contributed by atoms with E-state index < -0.39 is 36.0 Å². The Morgan fingerprint density at radius 2 is 1.64 bits per heavy atom. The van der Waals surface area contributed by atoms with Gasteiger partial charge in [-0.15, -0.1) is 0 Å². The highest BCUT2D eigenvalue weighted by atomic mass is 16.6. The molecule has 1 aliphatic carbocycles. The lowest BCUT2D eigenvalue weighted by atomic mass is 9.97. The topological polar surface area (TPSA) is 138 Å². The first-order chi connectivity index (χ1) is 24.0. The first-order valence-corrected chi connectivity index (χ1v) is 17.3. The van der Waals surface area contributed by atoms with Crippen molar-refractivity contribution in [3.05, 3.63) is 101 Å².